The number of nitrogens with zero attached hydrogens (tertiary/aromatic N) is 4. The Morgan fingerprint density at radius 1 is 1.32 bits per heavy atom. The van der Waals surface area contributed by atoms with Crippen LogP contribution in [-0.2, 0) is 11.2 Å². The van der Waals surface area contributed by atoms with Crippen LogP contribution in [0, 0.1) is 22.7 Å². The average Bonchev–Trinajstić information content (AvgIpc) is 3.19. The molecule has 1 unspecified atom stereocenters. The van der Waals surface area contributed by atoms with Crippen molar-refractivity contribution in [3.8, 4) is 12.1 Å². The number of anilines is 1. The Balaban J connectivity index is 2.13. The van der Waals surface area contributed by atoms with Crippen LogP contribution in [0.15, 0.2) is 35.4 Å². The van der Waals surface area contributed by atoms with E-state index in [1.807, 2.05) is 30.0 Å². The first-order chi connectivity index (χ1) is 14.9. The van der Waals surface area contributed by atoms with Gasteiger partial charge in [0.05, 0.1) is 16.7 Å². The standard InChI is InChI=1S/C22H24N6O2S/c1-2-15-16(10-23)20(28-9-8-22(30,12-25)13-28)27-21(17(15)11-24)31-18(19(26)29)14-6-4-3-5-7-14/h3-7,18,30H,2,8-9,12-13,25H2,1H3,(H2,26,29)/t18-,22?/m1/s1. The number of nitrogens with two attached hydrogens (primary N) is 2. The summed E-state index contributed by atoms with van der Waals surface area (Å²) < 4.78 is 0. The quantitative estimate of drug-likeness (QED) is 0.553. The zero-order valence-corrected chi connectivity index (χ0v) is 18.0. The van der Waals surface area contributed by atoms with Gasteiger partial charge >= 0.3 is 0 Å². The molecule has 1 amide bonds. The number of aromatic nitrogens is 1. The summed E-state index contributed by atoms with van der Waals surface area (Å²) in [6.07, 6.45) is 0.893. The van der Waals surface area contributed by atoms with Crippen LogP contribution in [-0.4, -0.2) is 41.2 Å². The molecule has 8 nitrogen and oxygen atoms in total. The highest BCUT2D eigenvalue weighted by molar-refractivity contribution is 8.00. The molecule has 1 saturated heterocycles. The first-order valence-corrected chi connectivity index (χ1v) is 10.8. The van der Waals surface area contributed by atoms with Crippen molar-refractivity contribution in [2.75, 3.05) is 24.5 Å². The Morgan fingerprint density at radius 3 is 2.52 bits per heavy atom. The topological polar surface area (TPSA) is 153 Å². The number of β-amino-alcohol motifs (C(OH)–C–C–N with tert-alkyl or cyclic N) is 1. The molecule has 160 valence electrons. The van der Waals surface area contributed by atoms with Gasteiger partial charge in [-0.2, -0.15) is 10.5 Å². The van der Waals surface area contributed by atoms with Crippen molar-refractivity contribution in [3.05, 3.63) is 52.6 Å². The van der Waals surface area contributed by atoms with Gasteiger partial charge in [0, 0.05) is 19.6 Å². The van der Waals surface area contributed by atoms with Gasteiger partial charge in [-0.05, 0) is 24.0 Å². The molecule has 1 aliphatic rings. The monoisotopic (exact) mass is 436 g/mol. The summed E-state index contributed by atoms with van der Waals surface area (Å²) in [5, 5.41) is 29.8. The van der Waals surface area contributed by atoms with Gasteiger partial charge in [-0.1, -0.05) is 49.0 Å². The Morgan fingerprint density at radius 2 is 2.00 bits per heavy atom. The molecule has 1 aromatic carbocycles. The van der Waals surface area contributed by atoms with Crippen molar-refractivity contribution in [2.45, 2.75) is 35.6 Å². The predicted octanol–water partition coefficient (Wildman–Crippen LogP) is 1.61. The van der Waals surface area contributed by atoms with E-state index in [2.05, 4.69) is 17.1 Å². The maximum atomic E-state index is 12.2. The predicted molar refractivity (Wildman–Crippen MR) is 118 cm³/mol. The van der Waals surface area contributed by atoms with Gasteiger partial charge < -0.3 is 21.5 Å². The summed E-state index contributed by atoms with van der Waals surface area (Å²) in [4.78, 5) is 18.7. The summed E-state index contributed by atoms with van der Waals surface area (Å²) in [7, 11) is 0. The molecular formula is C22H24N6O2S. The van der Waals surface area contributed by atoms with Gasteiger partial charge in [-0.25, -0.2) is 4.98 Å². The van der Waals surface area contributed by atoms with E-state index in [4.69, 9.17) is 11.5 Å². The minimum absolute atomic E-state index is 0.0989. The highest BCUT2D eigenvalue weighted by Crippen LogP contribution is 2.40. The first kappa shape index (κ1) is 22.6. The van der Waals surface area contributed by atoms with Crippen LogP contribution >= 0.6 is 11.8 Å². The van der Waals surface area contributed by atoms with Gasteiger partial charge in [0.1, 0.15) is 28.2 Å². The number of carbonyl (C=O) groups excluding carboxylic acids is 1. The Labute approximate surface area is 185 Å². The van der Waals surface area contributed by atoms with E-state index in [1.54, 1.807) is 12.1 Å². The van der Waals surface area contributed by atoms with E-state index in [1.165, 1.54) is 0 Å². The molecule has 5 N–H and O–H groups in total. The van der Waals surface area contributed by atoms with Crippen molar-refractivity contribution in [2.24, 2.45) is 11.5 Å². The number of hydrogen-bond donors (Lipinski definition) is 3. The number of hydrogen-bond acceptors (Lipinski definition) is 8. The second-order valence-corrected chi connectivity index (χ2v) is 8.55. The number of rotatable bonds is 7. The summed E-state index contributed by atoms with van der Waals surface area (Å²) in [5.74, 6) is -0.161. The highest BCUT2D eigenvalue weighted by Gasteiger charge is 2.37. The molecule has 9 heteroatoms. The van der Waals surface area contributed by atoms with Crippen molar-refractivity contribution in [1.82, 2.24) is 4.98 Å². The molecule has 2 aromatic rings. The van der Waals surface area contributed by atoms with Crippen molar-refractivity contribution in [1.29, 1.82) is 10.5 Å². The number of primary amides is 1. The number of carbonyl (C=O) groups is 1. The van der Waals surface area contributed by atoms with E-state index in [0.29, 0.717) is 46.9 Å². The Kier molecular flexibility index (Phi) is 6.81. The number of nitriles is 2. The highest BCUT2D eigenvalue weighted by atomic mass is 32.2. The lowest BCUT2D eigenvalue weighted by atomic mass is 10.0. The molecule has 0 saturated carbocycles. The van der Waals surface area contributed by atoms with Crippen LogP contribution in [0.25, 0.3) is 0 Å². The van der Waals surface area contributed by atoms with E-state index in [9.17, 15) is 20.4 Å². The number of amides is 1. The third kappa shape index (κ3) is 4.49. The van der Waals surface area contributed by atoms with Gasteiger partial charge in [-0.15, -0.1) is 0 Å². The second kappa shape index (κ2) is 9.36. The third-order valence-electron chi connectivity index (χ3n) is 5.43. The largest absolute Gasteiger partial charge is 0.387 e. The number of aliphatic hydroxyl groups is 1. The zero-order valence-electron chi connectivity index (χ0n) is 17.2. The molecule has 31 heavy (non-hydrogen) atoms. The number of pyridine rings is 1. The maximum absolute atomic E-state index is 12.2. The smallest absolute Gasteiger partial charge is 0.235 e. The van der Waals surface area contributed by atoms with Crippen LogP contribution in [0.2, 0.25) is 0 Å². The SMILES string of the molecule is CCc1c(C#N)c(S[C@@H](C(N)=O)c2ccccc2)nc(N2CCC(O)(CN)C2)c1C#N. The number of thioether (sulfide) groups is 1. The molecule has 2 atom stereocenters. The van der Waals surface area contributed by atoms with Crippen LogP contribution in [0.1, 0.15) is 40.8 Å². The minimum Gasteiger partial charge on any atom is -0.387 e. The summed E-state index contributed by atoms with van der Waals surface area (Å²) >= 11 is 1.10. The van der Waals surface area contributed by atoms with Gasteiger partial charge in [0.15, 0.2) is 0 Å². The van der Waals surface area contributed by atoms with E-state index in [-0.39, 0.29) is 18.7 Å². The fourth-order valence-electron chi connectivity index (χ4n) is 3.73. The molecule has 2 heterocycles. The fraction of sp³-hybridized carbons (Fsp3) is 0.364. The molecule has 0 bridgehead atoms. The lowest BCUT2D eigenvalue weighted by Crippen LogP contribution is -2.40. The van der Waals surface area contributed by atoms with Crippen molar-refractivity contribution >= 4 is 23.5 Å². The molecule has 1 aromatic heterocycles. The lowest BCUT2D eigenvalue weighted by molar-refractivity contribution is -0.117. The summed E-state index contributed by atoms with van der Waals surface area (Å²) in [6.45, 7) is 2.68. The van der Waals surface area contributed by atoms with Crippen molar-refractivity contribution < 1.29 is 9.90 Å². The summed E-state index contributed by atoms with van der Waals surface area (Å²) in [6, 6.07) is 13.4. The third-order valence-corrected chi connectivity index (χ3v) is 6.69. The van der Waals surface area contributed by atoms with Crippen LogP contribution < -0.4 is 16.4 Å². The number of benzene rings is 1. The van der Waals surface area contributed by atoms with Crippen LogP contribution in [0.5, 0.6) is 0 Å². The fourth-order valence-corrected chi connectivity index (χ4v) is 4.79. The molecule has 0 spiro atoms. The van der Waals surface area contributed by atoms with Gasteiger partial charge in [-0.3, -0.25) is 4.79 Å². The normalized spacial score (nSPS) is 18.9. The van der Waals surface area contributed by atoms with E-state index >= 15 is 0 Å². The van der Waals surface area contributed by atoms with E-state index in [0.717, 1.165) is 11.8 Å². The Hall–Kier alpha value is -3.11. The van der Waals surface area contributed by atoms with Crippen molar-refractivity contribution in [3.63, 3.8) is 0 Å². The lowest BCUT2D eigenvalue weighted by Gasteiger charge is -2.25. The van der Waals surface area contributed by atoms with Crippen LogP contribution in [0.3, 0.4) is 0 Å². The first-order valence-electron chi connectivity index (χ1n) is 9.92. The molecule has 3 rings (SSSR count). The van der Waals surface area contributed by atoms with Crippen LogP contribution in [0.4, 0.5) is 5.82 Å². The molecular weight excluding hydrogens is 412 g/mol. The maximum Gasteiger partial charge on any atom is 0.235 e. The minimum atomic E-state index is -1.05. The van der Waals surface area contributed by atoms with E-state index < -0.39 is 16.8 Å². The van der Waals surface area contributed by atoms with Gasteiger partial charge in [0.25, 0.3) is 0 Å². The van der Waals surface area contributed by atoms with Gasteiger partial charge in [0.2, 0.25) is 5.91 Å². The second-order valence-electron chi connectivity index (χ2n) is 7.46. The molecule has 1 fully saturated rings. The zero-order chi connectivity index (χ0) is 22.6. The molecule has 1 aliphatic heterocycles. The average molecular weight is 437 g/mol. The summed E-state index contributed by atoms with van der Waals surface area (Å²) in [5.41, 5.74) is 12.2. The molecule has 0 aliphatic carbocycles. The molecule has 0 radical (unpaired) electrons. The Bertz CT molecular complexity index is 1060.